The molecule has 1 fully saturated rings. The van der Waals surface area contributed by atoms with Crippen molar-refractivity contribution in [1.82, 2.24) is 5.32 Å². The molecule has 0 bridgehead atoms. The van der Waals surface area contributed by atoms with Gasteiger partial charge in [-0.1, -0.05) is 12.8 Å². The van der Waals surface area contributed by atoms with Crippen LogP contribution in [0.15, 0.2) is 16.6 Å². The van der Waals surface area contributed by atoms with Gasteiger partial charge in [-0.2, -0.15) is 0 Å². The van der Waals surface area contributed by atoms with Gasteiger partial charge in [-0.05, 0) is 47.8 Å². The predicted octanol–water partition coefficient (Wildman–Crippen LogP) is 3.07. The number of benzene rings is 1. The summed E-state index contributed by atoms with van der Waals surface area (Å²) in [7, 11) is 1.52. The number of hydrogen-bond acceptors (Lipinski definition) is 5. The number of ether oxygens (including phenoxy) is 3. The molecule has 0 spiro atoms. The Labute approximate surface area is 150 Å². The second kappa shape index (κ2) is 8.92. The van der Waals surface area contributed by atoms with Crippen molar-refractivity contribution in [1.29, 1.82) is 0 Å². The zero-order valence-electron chi connectivity index (χ0n) is 13.9. The van der Waals surface area contributed by atoms with E-state index in [4.69, 9.17) is 14.2 Å². The number of carbonyl (C=O) groups excluding carboxylic acids is 2. The maximum absolute atomic E-state index is 12.2. The Kier molecular flexibility index (Phi) is 6.90. The van der Waals surface area contributed by atoms with E-state index in [-0.39, 0.29) is 18.6 Å². The van der Waals surface area contributed by atoms with Crippen LogP contribution in [0.4, 0.5) is 0 Å². The maximum Gasteiger partial charge on any atom is 0.338 e. The van der Waals surface area contributed by atoms with Crippen molar-refractivity contribution in [3.8, 4) is 11.5 Å². The Morgan fingerprint density at radius 3 is 2.62 bits per heavy atom. The van der Waals surface area contributed by atoms with Crippen LogP contribution in [0, 0.1) is 0 Å². The minimum atomic E-state index is -0.583. The molecule has 1 aromatic carbocycles. The van der Waals surface area contributed by atoms with Gasteiger partial charge in [0, 0.05) is 6.04 Å². The summed E-state index contributed by atoms with van der Waals surface area (Å²) in [6.45, 7) is 1.99. The van der Waals surface area contributed by atoms with Crippen molar-refractivity contribution in [2.24, 2.45) is 0 Å². The van der Waals surface area contributed by atoms with E-state index in [1.165, 1.54) is 7.11 Å². The van der Waals surface area contributed by atoms with Crippen molar-refractivity contribution in [3.05, 3.63) is 22.2 Å². The highest BCUT2D eigenvalue weighted by atomic mass is 79.9. The van der Waals surface area contributed by atoms with Crippen LogP contribution in [0.25, 0.3) is 0 Å². The molecule has 0 unspecified atom stereocenters. The fourth-order valence-electron chi connectivity index (χ4n) is 2.70. The number of amides is 1. The first-order chi connectivity index (χ1) is 11.5. The monoisotopic (exact) mass is 399 g/mol. The lowest BCUT2D eigenvalue weighted by atomic mass is 10.2. The summed E-state index contributed by atoms with van der Waals surface area (Å²) in [4.78, 5) is 24.0. The van der Waals surface area contributed by atoms with Crippen LogP contribution in [0.3, 0.4) is 0 Å². The van der Waals surface area contributed by atoms with Gasteiger partial charge in [0.15, 0.2) is 18.1 Å². The van der Waals surface area contributed by atoms with Crippen molar-refractivity contribution in [3.63, 3.8) is 0 Å². The molecule has 1 amide bonds. The molecule has 1 aromatic rings. The van der Waals surface area contributed by atoms with Crippen molar-refractivity contribution in [2.75, 3.05) is 20.3 Å². The van der Waals surface area contributed by atoms with Gasteiger partial charge in [-0.25, -0.2) is 4.79 Å². The summed E-state index contributed by atoms with van der Waals surface area (Å²) in [6.07, 6.45) is 4.24. The van der Waals surface area contributed by atoms with E-state index >= 15 is 0 Å². The minimum Gasteiger partial charge on any atom is -0.492 e. The SMILES string of the molecule is CCOc1cc(C(=O)OCC(=O)NC2CCCC2)cc(Br)c1OC. The summed E-state index contributed by atoms with van der Waals surface area (Å²) < 4.78 is 16.4. The van der Waals surface area contributed by atoms with Crippen LogP contribution in [0.2, 0.25) is 0 Å². The van der Waals surface area contributed by atoms with Crippen molar-refractivity contribution < 1.29 is 23.8 Å². The van der Waals surface area contributed by atoms with E-state index in [0.29, 0.717) is 28.1 Å². The molecular weight excluding hydrogens is 378 g/mol. The van der Waals surface area contributed by atoms with E-state index in [2.05, 4.69) is 21.2 Å². The van der Waals surface area contributed by atoms with E-state index in [9.17, 15) is 9.59 Å². The quantitative estimate of drug-likeness (QED) is 0.713. The number of rotatable bonds is 7. The van der Waals surface area contributed by atoms with Gasteiger partial charge in [0.2, 0.25) is 0 Å². The second-order valence-electron chi connectivity index (χ2n) is 5.55. The Hall–Kier alpha value is -1.76. The average molecular weight is 400 g/mol. The molecule has 1 aliphatic rings. The van der Waals surface area contributed by atoms with Gasteiger partial charge in [0.05, 0.1) is 23.8 Å². The first-order valence-corrected chi connectivity index (χ1v) is 8.81. The smallest absolute Gasteiger partial charge is 0.338 e. The van der Waals surface area contributed by atoms with Crippen LogP contribution in [0.5, 0.6) is 11.5 Å². The van der Waals surface area contributed by atoms with Crippen molar-refractivity contribution >= 4 is 27.8 Å². The molecule has 2 rings (SSSR count). The molecular formula is C17H22BrNO5. The van der Waals surface area contributed by atoms with Crippen LogP contribution in [-0.4, -0.2) is 38.2 Å². The number of nitrogens with one attached hydrogen (secondary N) is 1. The average Bonchev–Trinajstić information content (AvgIpc) is 3.05. The van der Waals surface area contributed by atoms with Crippen LogP contribution < -0.4 is 14.8 Å². The van der Waals surface area contributed by atoms with Gasteiger partial charge in [0.1, 0.15) is 0 Å². The highest BCUT2D eigenvalue weighted by molar-refractivity contribution is 9.10. The van der Waals surface area contributed by atoms with E-state index in [0.717, 1.165) is 25.7 Å². The minimum absolute atomic E-state index is 0.205. The maximum atomic E-state index is 12.2. The zero-order valence-corrected chi connectivity index (χ0v) is 15.5. The molecule has 6 nitrogen and oxygen atoms in total. The Morgan fingerprint density at radius 2 is 2.00 bits per heavy atom. The first-order valence-electron chi connectivity index (χ1n) is 8.02. The third-order valence-corrected chi connectivity index (χ3v) is 4.39. The molecule has 0 atom stereocenters. The third-order valence-electron chi connectivity index (χ3n) is 3.80. The van der Waals surface area contributed by atoms with Gasteiger partial charge >= 0.3 is 5.97 Å². The van der Waals surface area contributed by atoms with Crippen LogP contribution >= 0.6 is 15.9 Å². The fourth-order valence-corrected chi connectivity index (χ4v) is 3.30. The molecule has 1 N–H and O–H groups in total. The number of esters is 1. The van der Waals surface area contributed by atoms with Gasteiger partial charge < -0.3 is 19.5 Å². The normalized spacial score (nSPS) is 14.3. The summed E-state index contributed by atoms with van der Waals surface area (Å²) in [6, 6.07) is 3.33. The molecule has 1 aliphatic carbocycles. The first kappa shape index (κ1) is 18.6. The molecule has 0 aromatic heterocycles. The largest absolute Gasteiger partial charge is 0.492 e. The van der Waals surface area contributed by atoms with E-state index in [1.807, 2.05) is 6.92 Å². The third kappa shape index (κ3) is 4.87. The zero-order chi connectivity index (χ0) is 17.5. The summed E-state index contributed by atoms with van der Waals surface area (Å²) in [5.74, 6) is 0.0952. The van der Waals surface area contributed by atoms with Gasteiger partial charge in [0.25, 0.3) is 5.91 Å². The molecule has 0 heterocycles. The summed E-state index contributed by atoms with van der Waals surface area (Å²) in [5.41, 5.74) is 0.291. The Morgan fingerprint density at radius 1 is 1.29 bits per heavy atom. The molecule has 24 heavy (non-hydrogen) atoms. The second-order valence-corrected chi connectivity index (χ2v) is 6.40. The molecule has 132 valence electrons. The van der Waals surface area contributed by atoms with E-state index in [1.54, 1.807) is 12.1 Å². The topological polar surface area (TPSA) is 73.9 Å². The van der Waals surface area contributed by atoms with Crippen LogP contribution in [0.1, 0.15) is 43.0 Å². The molecule has 0 radical (unpaired) electrons. The highest BCUT2D eigenvalue weighted by Gasteiger charge is 2.20. The lowest BCUT2D eigenvalue weighted by Gasteiger charge is -2.14. The number of halogens is 1. The van der Waals surface area contributed by atoms with E-state index < -0.39 is 5.97 Å². The number of methoxy groups -OCH3 is 1. The van der Waals surface area contributed by atoms with Gasteiger partial charge in [-0.3, -0.25) is 4.79 Å². The molecule has 7 heteroatoms. The number of hydrogen-bond donors (Lipinski definition) is 1. The highest BCUT2D eigenvalue weighted by Crippen LogP contribution is 2.36. The standard InChI is InChI=1S/C17H22BrNO5/c1-3-23-14-9-11(8-13(18)16(14)22-2)17(21)24-10-15(20)19-12-6-4-5-7-12/h8-9,12H,3-7,10H2,1-2H3,(H,19,20). The van der Waals surface area contributed by atoms with Gasteiger partial charge in [-0.15, -0.1) is 0 Å². The Balaban J connectivity index is 1.97. The summed E-state index contributed by atoms with van der Waals surface area (Å²) in [5, 5.41) is 2.88. The Bertz CT molecular complexity index is 599. The lowest BCUT2D eigenvalue weighted by molar-refractivity contribution is -0.124. The number of carbonyl (C=O) groups is 2. The molecule has 0 aliphatic heterocycles. The molecule has 1 saturated carbocycles. The van der Waals surface area contributed by atoms with Crippen molar-refractivity contribution in [2.45, 2.75) is 38.6 Å². The lowest BCUT2D eigenvalue weighted by Crippen LogP contribution is -2.35. The van der Waals surface area contributed by atoms with Crippen LogP contribution in [-0.2, 0) is 9.53 Å². The molecule has 0 saturated heterocycles. The summed E-state index contributed by atoms with van der Waals surface area (Å²) >= 11 is 3.34. The fraction of sp³-hybridized carbons (Fsp3) is 0.529. The predicted molar refractivity (Wildman–Crippen MR) is 92.5 cm³/mol.